The van der Waals surface area contributed by atoms with E-state index in [2.05, 4.69) is 15.7 Å². The fraction of sp³-hybridized carbons (Fsp3) is 0.769. The molecular formula is C13H23N5O2. The smallest absolute Gasteiger partial charge is 0.333 e. The number of anilines is 1. The average Bonchev–Trinajstić information content (AvgIpc) is 2.99. The lowest BCUT2D eigenvalue weighted by atomic mass is 10.1. The van der Waals surface area contributed by atoms with Crippen LogP contribution < -0.4 is 10.6 Å². The Balaban J connectivity index is 2.03. The number of nitro groups is 1. The first-order chi connectivity index (χ1) is 9.63. The van der Waals surface area contributed by atoms with Crippen LogP contribution in [-0.4, -0.2) is 33.8 Å². The monoisotopic (exact) mass is 281 g/mol. The van der Waals surface area contributed by atoms with Gasteiger partial charge in [0, 0.05) is 19.6 Å². The van der Waals surface area contributed by atoms with Crippen molar-refractivity contribution in [1.29, 1.82) is 0 Å². The molecule has 0 bridgehead atoms. The molecule has 2 N–H and O–H groups in total. The summed E-state index contributed by atoms with van der Waals surface area (Å²) in [7, 11) is 1.75. The lowest BCUT2D eigenvalue weighted by molar-refractivity contribution is -0.384. The molecule has 0 aromatic carbocycles. The molecule has 0 spiro atoms. The van der Waals surface area contributed by atoms with Gasteiger partial charge in [0.2, 0.25) is 5.82 Å². The van der Waals surface area contributed by atoms with Gasteiger partial charge in [-0.3, -0.25) is 10.1 Å². The molecule has 0 amide bonds. The standard InChI is InChI=1S/C13H23N5O2/c1-3-5-11-12(18(19)20)13(17(2)16-11)15-9-7-10-6-4-8-14-10/h10,14-15H,3-9H2,1-2H3. The van der Waals surface area contributed by atoms with Crippen LogP contribution in [0.2, 0.25) is 0 Å². The summed E-state index contributed by atoms with van der Waals surface area (Å²) < 4.78 is 1.59. The van der Waals surface area contributed by atoms with Gasteiger partial charge in [0.05, 0.1) is 4.92 Å². The van der Waals surface area contributed by atoms with Crippen molar-refractivity contribution in [2.24, 2.45) is 7.05 Å². The molecule has 2 rings (SSSR count). The van der Waals surface area contributed by atoms with Gasteiger partial charge in [0.25, 0.3) is 0 Å². The molecule has 20 heavy (non-hydrogen) atoms. The minimum atomic E-state index is -0.325. The second kappa shape index (κ2) is 6.69. The Morgan fingerprint density at radius 1 is 1.60 bits per heavy atom. The first-order valence-electron chi connectivity index (χ1n) is 7.31. The molecule has 1 saturated heterocycles. The summed E-state index contributed by atoms with van der Waals surface area (Å²) in [5, 5.41) is 22.1. The van der Waals surface area contributed by atoms with Crippen molar-refractivity contribution in [3.63, 3.8) is 0 Å². The SMILES string of the molecule is CCCc1nn(C)c(NCCC2CCCN2)c1[N+](=O)[O-]. The zero-order chi connectivity index (χ0) is 14.5. The van der Waals surface area contributed by atoms with Gasteiger partial charge in [-0.2, -0.15) is 5.10 Å². The highest BCUT2D eigenvalue weighted by molar-refractivity contribution is 5.59. The zero-order valence-corrected chi connectivity index (χ0v) is 12.2. The van der Waals surface area contributed by atoms with Gasteiger partial charge >= 0.3 is 5.69 Å². The van der Waals surface area contributed by atoms with Crippen LogP contribution in [0.3, 0.4) is 0 Å². The van der Waals surface area contributed by atoms with Crippen LogP contribution >= 0.6 is 0 Å². The van der Waals surface area contributed by atoms with Gasteiger partial charge in [-0.15, -0.1) is 0 Å². The summed E-state index contributed by atoms with van der Waals surface area (Å²) in [5.41, 5.74) is 0.704. The van der Waals surface area contributed by atoms with Gasteiger partial charge in [-0.25, -0.2) is 4.68 Å². The lowest BCUT2D eigenvalue weighted by Crippen LogP contribution is -2.24. The third kappa shape index (κ3) is 3.27. The highest BCUT2D eigenvalue weighted by Gasteiger charge is 2.26. The van der Waals surface area contributed by atoms with E-state index in [4.69, 9.17) is 0 Å². The van der Waals surface area contributed by atoms with E-state index in [1.54, 1.807) is 11.7 Å². The number of nitrogens with one attached hydrogen (secondary N) is 2. The molecule has 1 aromatic heterocycles. The van der Waals surface area contributed by atoms with Crippen LogP contribution in [0.25, 0.3) is 0 Å². The van der Waals surface area contributed by atoms with Crippen LogP contribution in [0.1, 0.15) is 38.3 Å². The average molecular weight is 281 g/mol. The molecule has 0 saturated carbocycles. The highest BCUT2D eigenvalue weighted by atomic mass is 16.6. The number of nitrogens with zero attached hydrogens (tertiary/aromatic N) is 3. The Labute approximate surface area is 118 Å². The van der Waals surface area contributed by atoms with Gasteiger partial charge in [0.1, 0.15) is 5.69 Å². The van der Waals surface area contributed by atoms with E-state index in [-0.39, 0.29) is 10.6 Å². The Morgan fingerprint density at radius 2 is 2.40 bits per heavy atom. The topological polar surface area (TPSA) is 85.0 Å². The number of aromatic nitrogens is 2. The van der Waals surface area contributed by atoms with Crippen molar-refractivity contribution in [3.8, 4) is 0 Å². The number of aryl methyl sites for hydroxylation is 2. The second-order valence-corrected chi connectivity index (χ2v) is 5.28. The molecule has 1 aliphatic rings. The Kier molecular flexibility index (Phi) is 4.94. The summed E-state index contributed by atoms with van der Waals surface area (Å²) >= 11 is 0. The molecule has 0 radical (unpaired) electrons. The van der Waals surface area contributed by atoms with E-state index >= 15 is 0 Å². The van der Waals surface area contributed by atoms with E-state index in [0.29, 0.717) is 24.0 Å². The zero-order valence-electron chi connectivity index (χ0n) is 12.2. The molecule has 1 fully saturated rings. The third-order valence-electron chi connectivity index (χ3n) is 3.71. The first kappa shape index (κ1) is 14.8. The maximum absolute atomic E-state index is 11.2. The third-order valence-corrected chi connectivity index (χ3v) is 3.71. The van der Waals surface area contributed by atoms with Crippen LogP contribution in [0, 0.1) is 10.1 Å². The van der Waals surface area contributed by atoms with Crippen molar-refractivity contribution in [2.75, 3.05) is 18.4 Å². The fourth-order valence-electron chi connectivity index (χ4n) is 2.73. The molecular weight excluding hydrogens is 258 g/mol. The molecule has 112 valence electrons. The van der Waals surface area contributed by atoms with Gasteiger partial charge < -0.3 is 10.6 Å². The van der Waals surface area contributed by atoms with Crippen molar-refractivity contribution in [1.82, 2.24) is 15.1 Å². The molecule has 7 nitrogen and oxygen atoms in total. The molecule has 1 aliphatic heterocycles. The second-order valence-electron chi connectivity index (χ2n) is 5.28. The first-order valence-corrected chi connectivity index (χ1v) is 7.31. The molecule has 1 aromatic rings. The van der Waals surface area contributed by atoms with E-state index in [9.17, 15) is 10.1 Å². The molecule has 0 aliphatic carbocycles. The predicted octanol–water partition coefficient (Wildman–Crippen LogP) is 1.83. The van der Waals surface area contributed by atoms with E-state index in [0.717, 1.165) is 25.9 Å². The van der Waals surface area contributed by atoms with Crippen LogP contribution in [0.4, 0.5) is 11.5 Å². The number of rotatable bonds is 7. The highest BCUT2D eigenvalue weighted by Crippen LogP contribution is 2.29. The summed E-state index contributed by atoms with van der Waals surface area (Å²) in [5.74, 6) is 0.524. The Bertz CT molecular complexity index is 466. The maximum Gasteiger partial charge on any atom is 0.333 e. The van der Waals surface area contributed by atoms with E-state index < -0.39 is 0 Å². The minimum Gasteiger partial charge on any atom is -0.364 e. The minimum absolute atomic E-state index is 0.133. The van der Waals surface area contributed by atoms with Crippen LogP contribution in [0.5, 0.6) is 0 Å². The van der Waals surface area contributed by atoms with E-state index in [1.807, 2.05) is 6.92 Å². The van der Waals surface area contributed by atoms with Crippen molar-refractivity contribution < 1.29 is 4.92 Å². The summed E-state index contributed by atoms with van der Waals surface area (Å²) in [4.78, 5) is 10.9. The van der Waals surface area contributed by atoms with Crippen molar-refractivity contribution >= 4 is 11.5 Å². The quantitative estimate of drug-likeness (QED) is 0.588. The normalized spacial score (nSPS) is 18.4. The largest absolute Gasteiger partial charge is 0.364 e. The molecule has 1 unspecified atom stereocenters. The van der Waals surface area contributed by atoms with Gasteiger partial charge in [-0.1, -0.05) is 13.3 Å². The van der Waals surface area contributed by atoms with Crippen LogP contribution in [-0.2, 0) is 13.5 Å². The number of hydrogen-bond acceptors (Lipinski definition) is 5. The predicted molar refractivity (Wildman–Crippen MR) is 78.0 cm³/mol. The summed E-state index contributed by atoms with van der Waals surface area (Å²) in [6.07, 6.45) is 4.87. The summed E-state index contributed by atoms with van der Waals surface area (Å²) in [6, 6.07) is 0.532. The molecule has 1 atom stereocenters. The molecule has 7 heteroatoms. The van der Waals surface area contributed by atoms with Crippen LogP contribution in [0.15, 0.2) is 0 Å². The lowest BCUT2D eigenvalue weighted by Gasteiger charge is -2.11. The Hall–Kier alpha value is -1.63. The van der Waals surface area contributed by atoms with Crippen molar-refractivity contribution in [3.05, 3.63) is 15.8 Å². The Morgan fingerprint density at radius 3 is 3.00 bits per heavy atom. The molecule has 2 heterocycles. The van der Waals surface area contributed by atoms with E-state index in [1.165, 1.54) is 12.8 Å². The van der Waals surface area contributed by atoms with Crippen molar-refractivity contribution in [2.45, 2.75) is 45.1 Å². The van der Waals surface area contributed by atoms with Gasteiger partial charge in [-0.05, 0) is 32.2 Å². The summed E-state index contributed by atoms with van der Waals surface area (Å²) in [6.45, 7) is 3.80. The maximum atomic E-state index is 11.2. The van der Waals surface area contributed by atoms with Gasteiger partial charge in [0.15, 0.2) is 0 Å². The number of hydrogen-bond donors (Lipinski definition) is 2. The fourth-order valence-corrected chi connectivity index (χ4v) is 2.73.